The van der Waals surface area contributed by atoms with Crippen LogP contribution in [-0.4, -0.2) is 9.97 Å². The van der Waals surface area contributed by atoms with Gasteiger partial charge in [0.1, 0.15) is 5.82 Å². The maximum Gasteiger partial charge on any atom is 0.149 e. The van der Waals surface area contributed by atoms with Gasteiger partial charge in [0.2, 0.25) is 0 Å². The Morgan fingerprint density at radius 1 is 1.18 bits per heavy atom. The molecule has 0 saturated carbocycles. The number of nitrogens with one attached hydrogen (secondary N) is 1. The Balaban J connectivity index is 2.19. The lowest BCUT2D eigenvalue weighted by Crippen LogP contribution is -2.10. The van der Waals surface area contributed by atoms with Crippen molar-refractivity contribution in [1.82, 2.24) is 9.97 Å². The summed E-state index contributed by atoms with van der Waals surface area (Å²) in [6.07, 6.45) is 5.31. The SMILES string of the molecule is Cc1ccnc(NC(C)c2ccncc2)c1N. The van der Waals surface area contributed by atoms with Crippen LogP contribution in [0.2, 0.25) is 0 Å². The van der Waals surface area contributed by atoms with E-state index in [1.807, 2.05) is 25.1 Å². The highest BCUT2D eigenvalue weighted by Crippen LogP contribution is 2.23. The summed E-state index contributed by atoms with van der Waals surface area (Å²) in [6.45, 7) is 4.04. The van der Waals surface area contributed by atoms with Crippen LogP contribution in [0.4, 0.5) is 11.5 Å². The number of pyridine rings is 2. The van der Waals surface area contributed by atoms with Crippen molar-refractivity contribution >= 4 is 11.5 Å². The van der Waals surface area contributed by atoms with Gasteiger partial charge < -0.3 is 11.1 Å². The number of rotatable bonds is 3. The van der Waals surface area contributed by atoms with Crippen molar-refractivity contribution in [2.24, 2.45) is 0 Å². The van der Waals surface area contributed by atoms with Gasteiger partial charge in [-0.3, -0.25) is 4.98 Å². The highest BCUT2D eigenvalue weighted by atomic mass is 15.0. The highest BCUT2D eigenvalue weighted by molar-refractivity contribution is 5.65. The summed E-state index contributed by atoms with van der Waals surface area (Å²) in [5.74, 6) is 0.731. The van der Waals surface area contributed by atoms with Gasteiger partial charge in [0.05, 0.1) is 11.7 Å². The zero-order valence-corrected chi connectivity index (χ0v) is 10.0. The predicted octanol–water partition coefficient (Wildman–Crippen LogP) is 2.54. The summed E-state index contributed by atoms with van der Waals surface area (Å²) in [4.78, 5) is 8.25. The first-order chi connectivity index (χ1) is 8.18. The molecule has 0 radical (unpaired) electrons. The zero-order valence-electron chi connectivity index (χ0n) is 10.0. The summed E-state index contributed by atoms with van der Waals surface area (Å²) >= 11 is 0. The van der Waals surface area contributed by atoms with Crippen LogP contribution in [0.1, 0.15) is 24.1 Å². The maximum atomic E-state index is 5.97. The van der Waals surface area contributed by atoms with E-state index in [1.54, 1.807) is 18.6 Å². The average molecular weight is 228 g/mol. The molecule has 4 nitrogen and oxygen atoms in total. The van der Waals surface area contributed by atoms with E-state index in [9.17, 15) is 0 Å². The molecule has 2 aromatic rings. The quantitative estimate of drug-likeness (QED) is 0.847. The molecule has 2 aromatic heterocycles. The van der Waals surface area contributed by atoms with Crippen LogP contribution in [0.5, 0.6) is 0 Å². The molecule has 3 N–H and O–H groups in total. The summed E-state index contributed by atoms with van der Waals surface area (Å²) in [5, 5.41) is 3.30. The lowest BCUT2D eigenvalue weighted by Gasteiger charge is -2.16. The van der Waals surface area contributed by atoms with Crippen LogP contribution >= 0.6 is 0 Å². The molecule has 0 aliphatic heterocycles. The Hall–Kier alpha value is -2.10. The van der Waals surface area contributed by atoms with Gasteiger partial charge >= 0.3 is 0 Å². The number of hydrogen-bond donors (Lipinski definition) is 2. The molecule has 2 heterocycles. The minimum Gasteiger partial charge on any atom is -0.396 e. The average Bonchev–Trinajstić information content (AvgIpc) is 2.36. The standard InChI is InChI=1S/C13H16N4/c1-9-3-8-16-13(12(9)14)17-10(2)11-4-6-15-7-5-11/h3-8,10H,14H2,1-2H3,(H,16,17). The fourth-order valence-electron chi connectivity index (χ4n) is 1.63. The third kappa shape index (κ3) is 2.53. The van der Waals surface area contributed by atoms with E-state index < -0.39 is 0 Å². The summed E-state index contributed by atoms with van der Waals surface area (Å²) < 4.78 is 0. The topological polar surface area (TPSA) is 63.8 Å². The van der Waals surface area contributed by atoms with Crippen molar-refractivity contribution in [3.05, 3.63) is 47.9 Å². The first-order valence-corrected chi connectivity index (χ1v) is 5.56. The van der Waals surface area contributed by atoms with Gasteiger partial charge in [0.25, 0.3) is 0 Å². The van der Waals surface area contributed by atoms with Gasteiger partial charge in [-0.15, -0.1) is 0 Å². The van der Waals surface area contributed by atoms with E-state index in [4.69, 9.17) is 5.73 Å². The second-order valence-electron chi connectivity index (χ2n) is 4.04. The molecule has 0 bridgehead atoms. The molecule has 17 heavy (non-hydrogen) atoms. The Kier molecular flexibility index (Phi) is 3.23. The molecule has 0 aliphatic rings. The Morgan fingerprint density at radius 3 is 2.59 bits per heavy atom. The van der Waals surface area contributed by atoms with Crippen molar-refractivity contribution < 1.29 is 0 Å². The number of anilines is 2. The van der Waals surface area contributed by atoms with Crippen molar-refractivity contribution in [2.75, 3.05) is 11.1 Å². The van der Waals surface area contributed by atoms with E-state index in [0.29, 0.717) is 5.69 Å². The molecular weight excluding hydrogens is 212 g/mol. The Morgan fingerprint density at radius 2 is 1.88 bits per heavy atom. The van der Waals surface area contributed by atoms with Crippen LogP contribution in [-0.2, 0) is 0 Å². The van der Waals surface area contributed by atoms with Gasteiger partial charge in [0.15, 0.2) is 0 Å². The lowest BCUT2D eigenvalue weighted by molar-refractivity contribution is 0.871. The van der Waals surface area contributed by atoms with Crippen molar-refractivity contribution in [3.8, 4) is 0 Å². The molecule has 2 rings (SSSR count). The fourth-order valence-corrected chi connectivity index (χ4v) is 1.63. The van der Waals surface area contributed by atoms with E-state index in [2.05, 4.69) is 22.2 Å². The number of nitrogens with zero attached hydrogens (tertiary/aromatic N) is 2. The maximum absolute atomic E-state index is 5.97. The minimum atomic E-state index is 0.148. The number of aryl methyl sites for hydroxylation is 1. The number of aromatic nitrogens is 2. The number of hydrogen-bond acceptors (Lipinski definition) is 4. The highest BCUT2D eigenvalue weighted by Gasteiger charge is 2.08. The molecule has 1 atom stereocenters. The molecule has 0 aliphatic carbocycles. The van der Waals surface area contributed by atoms with Crippen LogP contribution in [0.25, 0.3) is 0 Å². The Labute approximate surface area is 101 Å². The van der Waals surface area contributed by atoms with Gasteiger partial charge in [-0.2, -0.15) is 0 Å². The molecule has 88 valence electrons. The number of nitrogen functional groups attached to an aromatic ring is 1. The first-order valence-electron chi connectivity index (χ1n) is 5.56. The molecule has 4 heteroatoms. The van der Waals surface area contributed by atoms with E-state index in [1.165, 1.54) is 0 Å². The largest absolute Gasteiger partial charge is 0.396 e. The number of nitrogens with two attached hydrogens (primary N) is 1. The van der Waals surface area contributed by atoms with Crippen molar-refractivity contribution in [1.29, 1.82) is 0 Å². The van der Waals surface area contributed by atoms with E-state index in [0.717, 1.165) is 16.9 Å². The van der Waals surface area contributed by atoms with Crippen LogP contribution in [0.3, 0.4) is 0 Å². The molecule has 0 amide bonds. The minimum absolute atomic E-state index is 0.148. The molecular formula is C13H16N4. The third-order valence-electron chi connectivity index (χ3n) is 2.77. The van der Waals surface area contributed by atoms with Gasteiger partial charge in [0, 0.05) is 18.6 Å². The molecule has 0 fully saturated rings. The van der Waals surface area contributed by atoms with Crippen molar-refractivity contribution in [3.63, 3.8) is 0 Å². The van der Waals surface area contributed by atoms with Gasteiger partial charge in [-0.25, -0.2) is 4.98 Å². The van der Waals surface area contributed by atoms with Gasteiger partial charge in [-0.05, 0) is 43.2 Å². The second-order valence-corrected chi connectivity index (χ2v) is 4.04. The predicted molar refractivity (Wildman–Crippen MR) is 69.7 cm³/mol. The first kappa shape index (κ1) is 11.4. The fraction of sp³-hybridized carbons (Fsp3) is 0.231. The summed E-state index contributed by atoms with van der Waals surface area (Å²) in [5.41, 5.74) is 8.86. The van der Waals surface area contributed by atoms with Gasteiger partial charge in [-0.1, -0.05) is 0 Å². The van der Waals surface area contributed by atoms with E-state index in [-0.39, 0.29) is 6.04 Å². The van der Waals surface area contributed by atoms with Crippen molar-refractivity contribution in [2.45, 2.75) is 19.9 Å². The monoisotopic (exact) mass is 228 g/mol. The summed E-state index contributed by atoms with van der Waals surface area (Å²) in [6, 6.07) is 6.00. The zero-order chi connectivity index (χ0) is 12.3. The van der Waals surface area contributed by atoms with Crippen LogP contribution < -0.4 is 11.1 Å². The summed E-state index contributed by atoms with van der Waals surface area (Å²) in [7, 11) is 0. The second kappa shape index (κ2) is 4.82. The lowest BCUT2D eigenvalue weighted by atomic mass is 10.1. The molecule has 0 aromatic carbocycles. The molecule has 0 saturated heterocycles. The smallest absolute Gasteiger partial charge is 0.149 e. The Bertz CT molecular complexity index is 496. The molecule has 0 spiro atoms. The third-order valence-corrected chi connectivity index (χ3v) is 2.77. The van der Waals surface area contributed by atoms with Crippen LogP contribution in [0.15, 0.2) is 36.8 Å². The van der Waals surface area contributed by atoms with E-state index >= 15 is 0 Å². The normalized spacial score (nSPS) is 12.1. The molecule has 1 unspecified atom stereocenters. The van der Waals surface area contributed by atoms with Crippen LogP contribution in [0, 0.1) is 6.92 Å².